The summed E-state index contributed by atoms with van der Waals surface area (Å²) in [6, 6.07) is 0. The molecule has 7 nitrogen and oxygen atoms in total. The summed E-state index contributed by atoms with van der Waals surface area (Å²) >= 11 is 0. The predicted octanol–water partition coefficient (Wildman–Crippen LogP) is 0.161. The molecule has 2 aromatic rings. The molecule has 2 heterocycles. The second-order valence-corrected chi connectivity index (χ2v) is 3.91. The highest BCUT2D eigenvalue weighted by atomic mass is 16.2. The number of fused-ring (bicyclic) bond motifs is 1. The molecule has 17 heavy (non-hydrogen) atoms. The van der Waals surface area contributed by atoms with Crippen molar-refractivity contribution in [2.75, 3.05) is 26.0 Å². The third-order valence-electron chi connectivity index (χ3n) is 2.42. The molecule has 2 N–H and O–H groups in total. The summed E-state index contributed by atoms with van der Waals surface area (Å²) in [7, 11) is 3.41. The number of carbonyl (C=O) groups is 1. The molecule has 0 unspecified atom stereocenters. The Kier molecular flexibility index (Phi) is 2.90. The first-order chi connectivity index (χ1) is 8.09. The minimum atomic E-state index is -0.0241. The summed E-state index contributed by atoms with van der Waals surface area (Å²) < 4.78 is 0. The Morgan fingerprint density at radius 2 is 2.18 bits per heavy atom. The van der Waals surface area contributed by atoms with Crippen LogP contribution in [-0.2, 0) is 4.79 Å². The van der Waals surface area contributed by atoms with Crippen LogP contribution in [0.1, 0.15) is 5.69 Å². The fraction of sp³-hybridized carbons (Fsp3) is 0.400. The minimum absolute atomic E-state index is 0.0241. The standard InChI is InChI=1S/C10H14N6O/c1-6-8-9(15-14-6)10(13-5-12-8)11-4-7(17)16(2)3/h5H,4H2,1-3H3,(H,14,15)(H,11,12,13). The van der Waals surface area contributed by atoms with Crippen LogP contribution < -0.4 is 5.32 Å². The van der Waals surface area contributed by atoms with Crippen LogP contribution in [0.4, 0.5) is 5.82 Å². The molecule has 0 bridgehead atoms. The summed E-state index contributed by atoms with van der Waals surface area (Å²) in [6.07, 6.45) is 1.45. The van der Waals surface area contributed by atoms with E-state index < -0.39 is 0 Å². The molecular formula is C10H14N6O. The van der Waals surface area contributed by atoms with Gasteiger partial charge in [-0.1, -0.05) is 0 Å². The Labute approximate surface area is 98.2 Å². The molecule has 0 atom stereocenters. The zero-order chi connectivity index (χ0) is 12.4. The van der Waals surface area contributed by atoms with Crippen LogP contribution in [0.5, 0.6) is 0 Å². The van der Waals surface area contributed by atoms with E-state index in [1.165, 1.54) is 11.2 Å². The van der Waals surface area contributed by atoms with Crippen molar-refractivity contribution in [1.29, 1.82) is 0 Å². The molecule has 0 saturated carbocycles. The van der Waals surface area contributed by atoms with Crippen molar-refractivity contribution < 1.29 is 4.79 Å². The topological polar surface area (TPSA) is 86.8 Å². The van der Waals surface area contributed by atoms with Gasteiger partial charge >= 0.3 is 0 Å². The highest BCUT2D eigenvalue weighted by Gasteiger charge is 2.10. The number of carbonyl (C=O) groups excluding carboxylic acids is 1. The molecule has 0 radical (unpaired) electrons. The maximum Gasteiger partial charge on any atom is 0.241 e. The predicted molar refractivity (Wildman–Crippen MR) is 63.6 cm³/mol. The van der Waals surface area contributed by atoms with E-state index in [2.05, 4.69) is 25.5 Å². The zero-order valence-corrected chi connectivity index (χ0v) is 9.98. The number of amides is 1. The summed E-state index contributed by atoms with van der Waals surface area (Å²) in [5.74, 6) is 0.540. The highest BCUT2D eigenvalue weighted by molar-refractivity contribution is 5.88. The Bertz CT molecular complexity index is 547. The van der Waals surface area contributed by atoms with E-state index in [-0.39, 0.29) is 12.5 Å². The Hall–Kier alpha value is -2.18. The SMILES string of the molecule is Cc1[nH]nc2c(NCC(=O)N(C)C)ncnc12. The molecule has 0 aliphatic heterocycles. The van der Waals surface area contributed by atoms with Crippen molar-refractivity contribution in [3.8, 4) is 0 Å². The molecule has 0 saturated heterocycles. The summed E-state index contributed by atoms with van der Waals surface area (Å²) in [5.41, 5.74) is 2.29. The van der Waals surface area contributed by atoms with E-state index in [4.69, 9.17) is 0 Å². The number of anilines is 1. The molecule has 90 valence electrons. The van der Waals surface area contributed by atoms with E-state index >= 15 is 0 Å². The lowest BCUT2D eigenvalue weighted by atomic mass is 10.3. The Balaban J connectivity index is 2.22. The van der Waals surface area contributed by atoms with Crippen molar-refractivity contribution >= 4 is 22.8 Å². The highest BCUT2D eigenvalue weighted by Crippen LogP contribution is 2.17. The largest absolute Gasteiger partial charge is 0.359 e. The first-order valence-electron chi connectivity index (χ1n) is 5.19. The molecule has 0 spiro atoms. The smallest absolute Gasteiger partial charge is 0.241 e. The fourth-order valence-corrected chi connectivity index (χ4v) is 1.40. The normalized spacial score (nSPS) is 10.5. The van der Waals surface area contributed by atoms with Gasteiger partial charge in [0.2, 0.25) is 5.91 Å². The number of rotatable bonds is 3. The van der Waals surface area contributed by atoms with Crippen LogP contribution in [-0.4, -0.2) is 51.6 Å². The van der Waals surface area contributed by atoms with E-state index in [9.17, 15) is 4.79 Å². The second-order valence-electron chi connectivity index (χ2n) is 3.91. The number of hydrogen-bond donors (Lipinski definition) is 2. The number of aromatic nitrogens is 4. The van der Waals surface area contributed by atoms with E-state index in [0.717, 1.165) is 11.2 Å². The van der Waals surface area contributed by atoms with Gasteiger partial charge < -0.3 is 10.2 Å². The Morgan fingerprint density at radius 1 is 1.41 bits per heavy atom. The number of aromatic amines is 1. The summed E-state index contributed by atoms with van der Waals surface area (Å²) in [6.45, 7) is 2.07. The van der Waals surface area contributed by atoms with Gasteiger partial charge in [0.05, 0.1) is 12.2 Å². The summed E-state index contributed by atoms with van der Waals surface area (Å²) in [5, 5.41) is 9.90. The lowest BCUT2D eigenvalue weighted by molar-refractivity contribution is -0.126. The molecular weight excluding hydrogens is 220 g/mol. The van der Waals surface area contributed by atoms with Gasteiger partial charge in [-0.15, -0.1) is 0 Å². The number of nitrogens with zero attached hydrogens (tertiary/aromatic N) is 4. The lowest BCUT2D eigenvalue weighted by Crippen LogP contribution is -2.28. The van der Waals surface area contributed by atoms with Crippen molar-refractivity contribution in [2.45, 2.75) is 6.92 Å². The van der Waals surface area contributed by atoms with Gasteiger partial charge in [0.25, 0.3) is 0 Å². The molecule has 2 aromatic heterocycles. The maximum atomic E-state index is 11.4. The van der Waals surface area contributed by atoms with E-state index in [1.54, 1.807) is 14.1 Å². The van der Waals surface area contributed by atoms with Gasteiger partial charge in [0, 0.05) is 14.1 Å². The van der Waals surface area contributed by atoms with Gasteiger partial charge in [-0.25, -0.2) is 9.97 Å². The quantitative estimate of drug-likeness (QED) is 0.790. The number of nitrogens with one attached hydrogen (secondary N) is 2. The summed E-state index contributed by atoms with van der Waals surface area (Å²) in [4.78, 5) is 21.2. The third kappa shape index (κ3) is 2.17. The van der Waals surface area contributed by atoms with Crippen molar-refractivity contribution in [1.82, 2.24) is 25.1 Å². The number of aryl methyl sites for hydroxylation is 1. The third-order valence-corrected chi connectivity index (χ3v) is 2.42. The molecule has 0 aliphatic carbocycles. The zero-order valence-electron chi connectivity index (χ0n) is 9.98. The van der Waals surface area contributed by atoms with Crippen LogP contribution in [0.2, 0.25) is 0 Å². The van der Waals surface area contributed by atoms with Crippen LogP contribution in [0.3, 0.4) is 0 Å². The first kappa shape index (κ1) is 11.3. The van der Waals surface area contributed by atoms with Gasteiger partial charge in [-0.2, -0.15) is 5.10 Å². The molecule has 1 amide bonds. The van der Waals surface area contributed by atoms with Crippen molar-refractivity contribution in [3.63, 3.8) is 0 Å². The van der Waals surface area contributed by atoms with E-state index in [0.29, 0.717) is 11.3 Å². The van der Waals surface area contributed by atoms with Gasteiger partial charge in [0.15, 0.2) is 11.3 Å². The molecule has 0 aromatic carbocycles. The van der Waals surface area contributed by atoms with Crippen LogP contribution >= 0.6 is 0 Å². The van der Waals surface area contributed by atoms with Crippen molar-refractivity contribution in [3.05, 3.63) is 12.0 Å². The minimum Gasteiger partial charge on any atom is -0.359 e. The molecule has 2 rings (SSSR count). The van der Waals surface area contributed by atoms with Gasteiger partial charge in [-0.05, 0) is 6.92 Å². The first-order valence-corrected chi connectivity index (χ1v) is 5.19. The average Bonchev–Trinajstić information content (AvgIpc) is 2.69. The average molecular weight is 234 g/mol. The van der Waals surface area contributed by atoms with Gasteiger partial charge in [-0.3, -0.25) is 9.89 Å². The number of H-pyrrole nitrogens is 1. The van der Waals surface area contributed by atoms with Crippen LogP contribution in [0.15, 0.2) is 6.33 Å². The molecule has 0 fully saturated rings. The maximum absolute atomic E-state index is 11.4. The number of likely N-dealkylation sites (N-methyl/N-ethyl adjacent to an activating group) is 1. The Morgan fingerprint density at radius 3 is 2.88 bits per heavy atom. The molecule has 0 aliphatic rings. The lowest BCUT2D eigenvalue weighted by Gasteiger charge is -2.11. The monoisotopic (exact) mass is 234 g/mol. The van der Waals surface area contributed by atoms with Crippen molar-refractivity contribution in [2.24, 2.45) is 0 Å². The van der Waals surface area contributed by atoms with Crippen LogP contribution in [0, 0.1) is 6.92 Å². The number of hydrogen-bond acceptors (Lipinski definition) is 5. The second kappa shape index (κ2) is 4.36. The van der Waals surface area contributed by atoms with E-state index in [1.807, 2.05) is 6.92 Å². The van der Waals surface area contributed by atoms with Gasteiger partial charge in [0.1, 0.15) is 11.8 Å². The fourth-order valence-electron chi connectivity index (χ4n) is 1.40. The molecule has 7 heteroatoms. The van der Waals surface area contributed by atoms with Crippen LogP contribution in [0.25, 0.3) is 11.0 Å².